The molecule has 0 aromatic heterocycles. The van der Waals surface area contributed by atoms with Crippen molar-refractivity contribution < 1.29 is 9.84 Å². The summed E-state index contributed by atoms with van der Waals surface area (Å²) in [4.78, 5) is 2.76. The lowest BCUT2D eigenvalue weighted by molar-refractivity contribution is 0.0282. The average molecular weight is 269 g/mol. The van der Waals surface area contributed by atoms with Gasteiger partial charge in [-0.05, 0) is 25.7 Å². The summed E-state index contributed by atoms with van der Waals surface area (Å²) < 4.78 is 5.50. The summed E-state index contributed by atoms with van der Waals surface area (Å²) in [6.45, 7) is 2.49. The fraction of sp³-hybridized carbons (Fsp3) is 1.00. The highest BCUT2D eigenvalue weighted by Crippen LogP contribution is 2.29. The monoisotopic (exact) mass is 269 g/mol. The Kier molecular flexibility index (Phi) is 7.18. The number of ether oxygens (including phenoxy) is 1. The summed E-state index contributed by atoms with van der Waals surface area (Å²) in [6, 6.07) is 1.60. The third-order valence-electron chi connectivity index (χ3n) is 4.82. The van der Waals surface area contributed by atoms with E-state index in [-0.39, 0.29) is 6.61 Å². The van der Waals surface area contributed by atoms with Crippen LogP contribution in [0.4, 0.5) is 0 Å². The van der Waals surface area contributed by atoms with Crippen LogP contribution < -0.4 is 0 Å². The first kappa shape index (κ1) is 15.3. The van der Waals surface area contributed by atoms with Gasteiger partial charge in [0, 0.05) is 18.6 Å². The Hall–Kier alpha value is -0.120. The Balaban J connectivity index is 1.83. The quantitative estimate of drug-likeness (QED) is 0.721. The Morgan fingerprint density at radius 2 is 1.32 bits per heavy atom. The molecule has 0 aromatic carbocycles. The molecule has 2 aliphatic rings. The van der Waals surface area contributed by atoms with Gasteiger partial charge in [-0.15, -0.1) is 0 Å². The third-order valence-corrected chi connectivity index (χ3v) is 4.82. The smallest absolute Gasteiger partial charge is 0.0698 e. The zero-order chi connectivity index (χ0) is 13.3. The summed E-state index contributed by atoms with van der Waals surface area (Å²) in [5.74, 6) is 0. The van der Waals surface area contributed by atoms with E-state index in [1.165, 1.54) is 64.2 Å². The Morgan fingerprint density at radius 3 is 1.79 bits per heavy atom. The van der Waals surface area contributed by atoms with Gasteiger partial charge >= 0.3 is 0 Å². The van der Waals surface area contributed by atoms with E-state index in [9.17, 15) is 0 Å². The van der Waals surface area contributed by atoms with Gasteiger partial charge in [0.05, 0.1) is 19.8 Å². The molecule has 2 aliphatic carbocycles. The molecule has 1 N–H and O–H groups in total. The van der Waals surface area contributed by atoms with E-state index >= 15 is 0 Å². The Labute approximate surface area is 118 Å². The first-order valence-corrected chi connectivity index (χ1v) is 8.36. The van der Waals surface area contributed by atoms with Gasteiger partial charge in [-0.1, -0.05) is 38.5 Å². The molecule has 0 atom stereocenters. The standard InChI is InChI=1S/C16H31NO2/c18-12-14-19-13-11-17(15-7-3-1-4-8-15)16-9-5-2-6-10-16/h15-16,18H,1-14H2. The normalized spacial score (nSPS) is 23.1. The van der Waals surface area contributed by atoms with Crippen molar-refractivity contribution in [2.24, 2.45) is 0 Å². The zero-order valence-electron chi connectivity index (χ0n) is 12.4. The van der Waals surface area contributed by atoms with Crippen LogP contribution in [0.2, 0.25) is 0 Å². The topological polar surface area (TPSA) is 32.7 Å². The minimum absolute atomic E-state index is 0.146. The van der Waals surface area contributed by atoms with Crippen LogP contribution in [0.25, 0.3) is 0 Å². The van der Waals surface area contributed by atoms with Crippen LogP contribution in [0.3, 0.4) is 0 Å². The number of hydrogen-bond acceptors (Lipinski definition) is 3. The van der Waals surface area contributed by atoms with Crippen molar-refractivity contribution in [1.82, 2.24) is 4.90 Å². The Bertz CT molecular complexity index is 205. The second-order valence-electron chi connectivity index (χ2n) is 6.16. The van der Waals surface area contributed by atoms with Gasteiger partial charge < -0.3 is 9.84 Å². The third kappa shape index (κ3) is 5.05. The minimum atomic E-state index is 0.146. The molecule has 0 spiro atoms. The molecule has 0 heterocycles. The van der Waals surface area contributed by atoms with Crippen molar-refractivity contribution in [1.29, 1.82) is 0 Å². The lowest BCUT2D eigenvalue weighted by Gasteiger charge is -2.41. The van der Waals surface area contributed by atoms with Crippen molar-refractivity contribution in [3.63, 3.8) is 0 Å². The average Bonchev–Trinajstić information content (AvgIpc) is 2.49. The fourth-order valence-electron chi connectivity index (χ4n) is 3.83. The molecule has 2 fully saturated rings. The molecule has 2 rings (SSSR count). The SMILES string of the molecule is OCCOCCN(C1CCCCC1)C1CCCCC1. The molecule has 0 amide bonds. The van der Waals surface area contributed by atoms with E-state index < -0.39 is 0 Å². The van der Waals surface area contributed by atoms with Crippen LogP contribution >= 0.6 is 0 Å². The maximum absolute atomic E-state index is 8.79. The van der Waals surface area contributed by atoms with Crippen molar-refractivity contribution in [2.45, 2.75) is 76.3 Å². The Morgan fingerprint density at radius 1 is 0.789 bits per heavy atom. The van der Waals surface area contributed by atoms with Gasteiger partial charge in [-0.2, -0.15) is 0 Å². The van der Waals surface area contributed by atoms with Crippen LogP contribution in [0, 0.1) is 0 Å². The number of rotatable bonds is 7. The van der Waals surface area contributed by atoms with Crippen molar-refractivity contribution >= 4 is 0 Å². The van der Waals surface area contributed by atoms with Crippen LogP contribution in [-0.2, 0) is 4.74 Å². The summed E-state index contributed by atoms with van der Waals surface area (Å²) >= 11 is 0. The molecule has 0 aromatic rings. The molecule has 0 saturated heterocycles. The van der Waals surface area contributed by atoms with Gasteiger partial charge in [0.15, 0.2) is 0 Å². The van der Waals surface area contributed by atoms with Crippen LogP contribution in [0.5, 0.6) is 0 Å². The highest BCUT2D eigenvalue weighted by molar-refractivity contribution is 4.83. The molecule has 2 saturated carbocycles. The highest BCUT2D eigenvalue weighted by atomic mass is 16.5. The van der Waals surface area contributed by atoms with Crippen molar-refractivity contribution in [2.75, 3.05) is 26.4 Å². The number of aliphatic hydroxyl groups is 1. The van der Waals surface area contributed by atoms with Gasteiger partial charge in [0.2, 0.25) is 0 Å². The molecule has 19 heavy (non-hydrogen) atoms. The van der Waals surface area contributed by atoms with Gasteiger partial charge in [-0.25, -0.2) is 0 Å². The van der Waals surface area contributed by atoms with E-state index in [0.29, 0.717) is 6.61 Å². The molecule has 112 valence electrons. The van der Waals surface area contributed by atoms with E-state index in [2.05, 4.69) is 4.90 Å². The van der Waals surface area contributed by atoms with Gasteiger partial charge in [0.1, 0.15) is 0 Å². The molecule has 0 aliphatic heterocycles. The second-order valence-corrected chi connectivity index (χ2v) is 6.16. The summed E-state index contributed by atoms with van der Waals surface area (Å²) in [5.41, 5.74) is 0. The molecular weight excluding hydrogens is 238 g/mol. The van der Waals surface area contributed by atoms with Crippen LogP contribution in [-0.4, -0.2) is 48.5 Å². The van der Waals surface area contributed by atoms with E-state index in [0.717, 1.165) is 25.2 Å². The number of hydrogen-bond donors (Lipinski definition) is 1. The molecule has 0 bridgehead atoms. The van der Waals surface area contributed by atoms with Crippen LogP contribution in [0.1, 0.15) is 64.2 Å². The molecule has 3 heteroatoms. The van der Waals surface area contributed by atoms with E-state index in [4.69, 9.17) is 9.84 Å². The second kappa shape index (κ2) is 8.93. The highest BCUT2D eigenvalue weighted by Gasteiger charge is 2.28. The molecular formula is C16H31NO2. The predicted octanol–water partition coefficient (Wildman–Crippen LogP) is 2.96. The lowest BCUT2D eigenvalue weighted by atomic mass is 9.88. The predicted molar refractivity (Wildman–Crippen MR) is 78.4 cm³/mol. The van der Waals surface area contributed by atoms with E-state index in [1.807, 2.05) is 0 Å². The minimum Gasteiger partial charge on any atom is -0.394 e. The lowest BCUT2D eigenvalue weighted by Crippen LogP contribution is -2.46. The summed E-state index contributed by atoms with van der Waals surface area (Å²) in [5, 5.41) is 8.79. The first-order valence-electron chi connectivity index (χ1n) is 8.36. The number of aliphatic hydroxyl groups excluding tert-OH is 1. The summed E-state index contributed by atoms with van der Waals surface area (Å²) in [7, 11) is 0. The molecule has 3 nitrogen and oxygen atoms in total. The van der Waals surface area contributed by atoms with Gasteiger partial charge in [0.25, 0.3) is 0 Å². The number of nitrogens with zero attached hydrogens (tertiary/aromatic N) is 1. The fourth-order valence-corrected chi connectivity index (χ4v) is 3.83. The molecule has 0 unspecified atom stereocenters. The maximum atomic E-state index is 8.79. The maximum Gasteiger partial charge on any atom is 0.0698 e. The largest absolute Gasteiger partial charge is 0.394 e. The first-order chi connectivity index (χ1) is 9.42. The summed E-state index contributed by atoms with van der Waals surface area (Å²) in [6.07, 6.45) is 14.0. The van der Waals surface area contributed by atoms with Crippen molar-refractivity contribution in [3.8, 4) is 0 Å². The van der Waals surface area contributed by atoms with Crippen LogP contribution in [0.15, 0.2) is 0 Å². The molecule has 0 radical (unpaired) electrons. The van der Waals surface area contributed by atoms with Gasteiger partial charge in [-0.3, -0.25) is 4.90 Å². The van der Waals surface area contributed by atoms with Crippen molar-refractivity contribution in [3.05, 3.63) is 0 Å². The zero-order valence-corrected chi connectivity index (χ0v) is 12.4. The van der Waals surface area contributed by atoms with E-state index in [1.54, 1.807) is 0 Å².